The first-order valence-electron chi connectivity index (χ1n) is 14.3. The van der Waals surface area contributed by atoms with Gasteiger partial charge in [-0.15, -0.1) is 0 Å². The van der Waals surface area contributed by atoms with Crippen LogP contribution >= 0.6 is 0 Å². The summed E-state index contributed by atoms with van der Waals surface area (Å²) in [5, 5.41) is 7.34. The summed E-state index contributed by atoms with van der Waals surface area (Å²) < 4.78 is 2.16. The van der Waals surface area contributed by atoms with Crippen LogP contribution in [0.5, 0.6) is 0 Å². The van der Waals surface area contributed by atoms with Gasteiger partial charge in [0.15, 0.2) is 0 Å². The summed E-state index contributed by atoms with van der Waals surface area (Å²) in [6, 6.07) is 25.4. The van der Waals surface area contributed by atoms with Crippen molar-refractivity contribution < 1.29 is 4.79 Å². The number of urea groups is 1. The molecule has 2 aromatic heterocycles. The van der Waals surface area contributed by atoms with Crippen LogP contribution in [0.2, 0.25) is 0 Å². The molecule has 0 bridgehead atoms. The van der Waals surface area contributed by atoms with Gasteiger partial charge in [-0.3, -0.25) is 0 Å². The molecule has 6 heteroatoms. The molecule has 1 aliphatic rings. The highest BCUT2D eigenvalue weighted by atomic mass is 16.2. The molecule has 40 heavy (non-hydrogen) atoms. The lowest BCUT2D eigenvalue weighted by molar-refractivity contribution is 0.244. The third-order valence-electron chi connectivity index (χ3n) is 7.88. The molecular formula is C34H35N5O. The predicted molar refractivity (Wildman–Crippen MR) is 163 cm³/mol. The number of aromatic nitrogens is 3. The number of rotatable bonds is 6. The molecule has 0 spiro atoms. The minimum atomic E-state index is -0.133. The summed E-state index contributed by atoms with van der Waals surface area (Å²) in [6.45, 7) is 4.21. The van der Waals surface area contributed by atoms with Crippen molar-refractivity contribution >= 4 is 22.6 Å². The number of carbonyl (C=O) groups is 1. The van der Waals surface area contributed by atoms with E-state index in [1.165, 1.54) is 30.4 Å². The quantitative estimate of drug-likeness (QED) is 0.234. The van der Waals surface area contributed by atoms with Crippen LogP contribution in [-0.2, 0) is 6.42 Å². The Morgan fingerprint density at radius 2 is 1.68 bits per heavy atom. The first-order valence-corrected chi connectivity index (χ1v) is 14.3. The number of anilines is 1. The lowest BCUT2D eigenvalue weighted by Gasteiger charge is -2.22. The first kappa shape index (κ1) is 25.8. The number of hydrogen-bond donors (Lipinski definition) is 2. The molecule has 3 aromatic carbocycles. The average Bonchev–Trinajstić information content (AvgIpc) is 3.37. The Bertz CT molecular complexity index is 1650. The largest absolute Gasteiger partial charge is 0.335 e. The van der Waals surface area contributed by atoms with Crippen molar-refractivity contribution in [1.29, 1.82) is 0 Å². The van der Waals surface area contributed by atoms with Crippen LogP contribution < -0.4 is 10.6 Å². The molecule has 1 fully saturated rings. The van der Waals surface area contributed by atoms with Gasteiger partial charge in [-0.25, -0.2) is 14.8 Å². The summed E-state index contributed by atoms with van der Waals surface area (Å²) in [5.41, 5.74) is 8.54. The van der Waals surface area contributed by atoms with Crippen LogP contribution in [0.25, 0.3) is 39.0 Å². The van der Waals surface area contributed by atoms with Gasteiger partial charge in [0.1, 0.15) is 12.1 Å². The zero-order valence-electron chi connectivity index (χ0n) is 23.2. The Morgan fingerprint density at radius 3 is 2.48 bits per heavy atom. The summed E-state index contributed by atoms with van der Waals surface area (Å²) in [5.74, 6) is 0.849. The minimum absolute atomic E-state index is 0.133. The van der Waals surface area contributed by atoms with Crippen molar-refractivity contribution in [3.8, 4) is 28.1 Å². The Kier molecular flexibility index (Phi) is 7.32. The molecule has 1 saturated carbocycles. The number of benzene rings is 3. The highest BCUT2D eigenvalue weighted by molar-refractivity contribution is 5.99. The fourth-order valence-corrected chi connectivity index (χ4v) is 5.65. The molecule has 0 unspecified atom stereocenters. The van der Waals surface area contributed by atoms with E-state index in [2.05, 4.69) is 99.8 Å². The van der Waals surface area contributed by atoms with Crippen molar-refractivity contribution in [2.24, 2.45) is 0 Å². The zero-order valence-corrected chi connectivity index (χ0v) is 23.2. The maximum Gasteiger partial charge on any atom is 0.319 e. The van der Waals surface area contributed by atoms with Crippen molar-refractivity contribution in [1.82, 2.24) is 19.9 Å². The van der Waals surface area contributed by atoms with Crippen molar-refractivity contribution in [2.75, 3.05) is 5.32 Å². The molecule has 202 valence electrons. The standard InChI is InChI=1S/C34H35N5O/c1-3-27-20-33(36-22-35-27)39-21-31(24-14-12-23(2)13-15-24)30-17-16-26(19-32(30)39)25-8-7-11-29(18-25)38-34(40)37-28-9-5-4-6-10-28/h7-8,11-22,28H,3-6,9-10H2,1-2H3,(H2,37,38,40). The normalized spacial score (nSPS) is 13.8. The van der Waals surface area contributed by atoms with Gasteiger partial charge in [0.05, 0.1) is 5.52 Å². The number of amides is 2. The summed E-state index contributed by atoms with van der Waals surface area (Å²) in [6.07, 6.45) is 10.4. The van der Waals surface area contributed by atoms with E-state index >= 15 is 0 Å². The zero-order chi connectivity index (χ0) is 27.5. The van der Waals surface area contributed by atoms with Gasteiger partial charge in [0.2, 0.25) is 0 Å². The Morgan fingerprint density at radius 1 is 0.900 bits per heavy atom. The minimum Gasteiger partial charge on any atom is -0.335 e. The highest BCUT2D eigenvalue weighted by Gasteiger charge is 2.17. The van der Waals surface area contributed by atoms with Gasteiger partial charge in [-0.1, -0.05) is 80.3 Å². The first-order chi connectivity index (χ1) is 19.6. The topological polar surface area (TPSA) is 71.8 Å². The molecule has 1 aliphatic carbocycles. The smallest absolute Gasteiger partial charge is 0.319 e. The number of carbonyl (C=O) groups excluding carboxylic acids is 1. The molecule has 0 radical (unpaired) electrons. The second-order valence-corrected chi connectivity index (χ2v) is 10.7. The molecule has 2 amide bonds. The Labute approximate surface area is 235 Å². The van der Waals surface area contributed by atoms with Gasteiger partial charge in [0.25, 0.3) is 0 Å². The van der Waals surface area contributed by atoms with E-state index in [1.54, 1.807) is 6.33 Å². The van der Waals surface area contributed by atoms with Gasteiger partial charge >= 0.3 is 6.03 Å². The number of hydrogen-bond acceptors (Lipinski definition) is 3. The summed E-state index contributed by atoms with van der Waals surface area (Å²) >= 11 is 0. The van der Waals surface area contributed by atoms with E-state index < -0.39 is 0 Å². The van der Waals surface area contributed by atoms with Crippen LogP contribution in [0.15, 0.2) is 85.3 Å². The van der Waals surface area contributed by atoms with Crippen LogP contribution in [-0.4, -0.2) is 26.6 Å². The third-order valence-corrected chi connectivity index (χ3v) is 7.88. The summed E-state index contributed by atoms with van der Waals surface area (Å²) in [7, 11) is 0. The maximum atomic E-state index is 12.7. The Balaban J connectivity index is 1.37. The Hall–Kier alpha value is -4.45. The fourth-order valence-electron chi connectivity index (χ4n) is 5.65. The number of nitrogens with one attached hydrogen (secondary N) is 2. The van der Waals surface area contributed by atoms with E-state index in [0.29, 0.717) is 0 Å². The van der Waals surface area contributed by atoms with Crippen molar-refractivity contribution in [2.45, 2.75) is 58.4 Å². The molecule has 2 heterocycles. The van der Waals surface area contributed by atoms with E-state index in [-0.39, 0.29) is 12.1 Å². The lowest BCUT2D eigenvalue weighted by atomic mass is 9.96. The van der Waals surface area contributed by atoms with Crippen molar-refractivity contribution in [3.05, 3.63) is 96.6 Å². The maximum absolute atomic E-state index is 12.7. The van der Waals surface area contributed by atoms with Crippen LogP contribution in [0.3, 0.4) is 0 Å². The van der Waals surface area contributed by atoms with Crippen LogP contribution in [0, 0.1) is 6.92 Å². The molecule has 6 rings (SSSR count). The molecule has 5 aromatic rings. The van der Waals surface area contributed by atoms with E-state index in [9.17, 15) is 4.79 Å². The SMILES string of the molecule is CCc1cc(-n2cc(-c3ccc(C)cc3)c3ccc(-c4cccc(NC(=O)NC5CCCCC5)c4)cc32)ncn1. The average molecular weight is 530 g/mol. The van der Waals surface area contributed by atoms with Gasteiger partial charge in [0, 0.05) is 40.6 Å². The second-order valence-electron chi connectivity index (χ2n) is 10.7. The van der Waals surface area contributed by atoms with E-state index in [4.69, 9.17) is 0 Å². The van der Waals surface area contributed by atoms with E-state index in [1.807, 2.05) is 18.2 Å². The molecule has 2 N–H and O–H groups in total. The van der Waals surface area contributed by atoms with Crippen LogP contribution in [0.4, 0.5) is 10.5 Å². The second kappa shape index (κ2) is 11.3. The predicted octanol–water partition coefficient (Wildman–Crippen LogP) is 8.08. The van der Waals surface area contributed by atoms with Gasteiger partial charge < -0.3 is 15.2 Å². The fraction of sp³-hybridized carbons (Fsp3) is 0.265. The molecule has 0 aliphatic heterocycles. The van der Waals surface area contributed by atoms with Crippen molar-refractivity contribution in [3.63, 3.8) is 0 Å². The monoisotopic (exact) mass is 529 g/mol. The van der Waals surface area contributed by atoms with Gasteiger partial charge in [-0.2, -0.15) is 0 Å². The van der Waals surface area contributed by atoms with E-state index in [0.717, 1.165) is 64.1 Å². The lowest BCUT2D eigenvalue weighted by Crippen LogP contribution is -2.39. The van der Waals surface area contributed by atoms with Gasteiger partial charge in [-0.05, 0) is 61.1 Å². The molecule has 6 nitrogen and oxygen atoms in total. The molecular weight excluding hydrogens is 494 g/mol. The number of nitrogens with zero attached hydrogens (tertiary/aromatic N) is 3. The number of fused-ring (bicyclic) bond motifs is 1. The highest BCUT2D eigenvalue weighted by Crippen LogP contribution is 2.35. The molecule has 0 atom stereocenters. The number of aryl methyl sites for hydroxylation is 2. The van der Waals surface area contributed by atoms with Crippen LogP contribution in [0.1, 0.15) is 50.3 Å². The summed E-state index contributed by atoms with van der Waals surface area (Å²) in [4.78, 5) is 21.7. The third kappa shape index (κ3) is 5.48. The molecule has 0 saturated heterocycles.